The molecule has 5 heteroatoms. The van der Waals surface area contributed by atoms with E-state index < -0.39 is 0 Å². The number of carbonyl (C=O) groups is 1. The summed E-state index contributed by atoms with van der Waals surface area (Å²) in [6.07, 6.45) is 3.11. The first kappa shape index (κ1) is 17.6. The fourth-order valence-corrected chi connectivity index (χ4v) is 2.42. The predicted octanol–water partition coefficient (Wildman–Crippen LogP) is 4.52. The first-order valence-electron chi connectivity index (χ1n) is 7.32. The first-order valence-corrected chi connectivity index (χ1v) is 7.69. The van der Waals surface area contributed by atoms with Gasteiger partial charge in [0.05, 0.1) is 30.4 Å². The molecular weight excluding hydrogens is 326 g/mol. The van der Waals surface area contributed by atoms with Gasteiger partial charge in [-0.25, -0.2) is 0 Å². The van der Waals surface area contributed by atoms with Crippen LogP contribution in [-0.4, -0.2) is 19.5 Å². The average molecular weight is 342 g/mol. The maximum absolute atomic E-state index is 12.2. The highest BCUT2D eigenvalue weighted by Crippen LogP contribution is 2.36. The summed E-state index contributed by atoms with van der Waals surface area (Å²) >= 11 is 6.18. The van der Waals surface area contributed by atoms with Crippen LogP contribution in [0, 0.1) is 11.3 Å². The first-order chi connectivity index (χ1) is 11.6. The van der Waals surface area contributed by atoms with Crippen LogP contribution in [0.25, 0.3) is 6.08 Å². The summed E-state index contributed by atoms with van der Waals surface area (Å²) in [4.78, 5) is 12.2. The van der Waals surface area contributed by atoms with Gasteiger partial charge in [0.15, 0.2) is 17.3 Å². The fraction of sp³-hybridized carbons (Fsp3) is 0.158. The summed E-state index contributed by atoms with van der Waals surface area (Å²) < 4.78 is 10.7. The van der Waals surface area contributed by atoms with E-state index in [2.05, 4.69) is 0 Å². The van der Waals surface area contributed by atoms with Crippen LogP contribution in [0.15, 0.2) is 42.5 Å². The summed E-state index contributed by atoms with van der Waals surface area (Å²) in [6.45, 7) is 2.34. The molecular formula is C19H16ClNO3. The van der Waals surface area contributed by atoms with Gasteiger partial charge in [-0.05, 0) is 55.0 Å². The summed E-state index contributed by atoms with van der Waals surface area (Å²) in [5, 5.41) is 9.19. The van der Waals surface area contributed by atoms with Crippen LogP contribution in [0.4, 0.5) is 0 Å². The number of hydrogen-bond donors (Lipinski definition) is 0. The second kappa shape index (κ2) is 8.19. The van der Waals surface area contributed by atoms with Crippen molar-refractivity contribution >= 4 is 23.5 Å². The van der Waals surface area contributed by atoms with Crippen molar-refractivity contribution in [3.05, 3.63) is 64.2 Å². The average Bonchev–Trinajstić information content (AvgIpc) is 2.60. The summed E-state index contributed by atoms with van der Waals surface area (Å²) in [7, 11) is 1.52. The quantitative estimate of drug-likeness (QED) is 0.572. The van der Waals surface area contributed by atoms with Gasteiger partial charge in [0.25, 0.3) is 0 Å². The smallest absolute Gasteiger partial charge is 0.185 e. The van der Waals surface area contributed by atoms with E-state index in [0.29, 0.717) is 34.3 Å². The van der Waals surface area contributed by atoms with Crippen molar-refractivity contribution in [2.75, 3.05) is 13.7 Å². The highest BCUT2D eigenvalue weighted by atomic mass is 35.5. The number of hydrogen-bond acceptors (Lipinski definition) is 4. The van der Waals surface area contributed by atoms with Crippen molar-refractivity contribution in [1.29, 1.82) is 5.26 Å². The molecule has 0 spiro atoms. The van der Waals surface area contributed by atoms with Crippen molar-refractivity contribution in [2.24, 2.45) is 0 Å². The molecule has 0 heterocycles. The van der Waals surface area contributed by atoms with Gasteiger partial charge in [0.1, 0.15) is 0 Å². The van der Waals surface area contributed by atoms with E-state index in [1.165, 1.54) is 13.2 Å². The third-order valence-corrected chi connectivity index (χ3v) is 3.54. The number of carbonyl (C=O) groups excluding carboxylic acids is 1. The number of ether oxygens (including phenoxy) is 2. The largest absolute Gasteiger partial charge is 0.491 e. The zero-order chi connectivity index (χ0) is 17.5. The van der Waals surface area contributed by atoms with E-state index in [9.17, 15) is 4.79 Å². The van der Waals surface area contributed by atoms with Gasteiger partial charge in [0.2, 0.25) is 0 Å². The molecule has 0 unspecified atom stereocenters. The lowest BCUT2D eigenvalue weighted by molar-refractivity contribution is 0.104. The van der Waals surface area contributed by atoms with Gasteiger partial charge in [-0.1, -0.05) is 17.7 Å². The van der Waals surface area contributed by atoms with Gasteiger partial charge in [-0.3, -0.25) is 4.79 Å². The van der Waals surface area contributed by atoms with Gasteiger partial charge >= 0.3 is 0 Å². The minimum absolute atomic E-state index is 0.163. The van der Waals surface area contributed by atoms with Gasteiger partial charge in [0, 0.05) is 5.56 Å². The molecule has 0 amide bonds. The molecule has 0 aliphatic heterocycles. The number of halogens is 1. The van der Waals surface area contributed by atoms with Crippen LogP contribution in [0.3, 0.4) is 0 Å². The van der Waals surface area contributed by atoms with Crippen molar-refractivity contribution in [2.45, 2.75) is 6.92 Å². The lowest BCUT2D eigenvalue weighted by Gasteiger charge is -2.11. The standard InChI is InChI=1S/C19H16ClNO3/c1-3-24-18-11-14(10-16(20)19(18)23-2)6-9-17(22)15-7-4-13(12-21)5-8-15/h4-11H,3H2,1-2H3. The second-order valence-electron chi connectivity index (χ2n) is 4.85. The fourth-order valence-electron chi connectivity index (χ4n) is 2.12. The molecule has 0 bridgehead atoms. The topological polar surface area (TPSA) is 59.3 Å². The molecule has 0 saturated heterocycles. The SMILES string of the molecule is CCOc1cc(C=CC(=O)c2ccc(C#N)cc2)cc(Cl)c1OC. The third-order valence-electron chi connectivity index (χ3n) is 3.26. The lowest BCUT2D eigenvalue weighted by atomic mass is 10.1. The lowest BCUT2D eigenvalue weighted by Crippen LogP contribution is -1.97. The molecule has 0 aliphatic carbocycles. The van der Waals surface area contributed by atoms with E-state index in [1.807, 2.05) is 13.0 Å². The molecule has 0 radical (unpaired) electrons. The number of methoxy groups -OCH3 is 1. The molecule has 2 aromatic carbocycles. The van der Waals surface area contributed by atoms with Crippen LogP contribution >= 0.6 is 11.6 Å². The molecule has 0 fully saturated rings. The molecule has 4 nitrogen and oxygen atoms in total. The Hall–Kier alpha value is -2.77. The van der Waals surface area contributed by atoms with E-state index in [0.717, 1.165) is 5.56 Å². The number of nitrogens with zero attached hydrogens (tertiary/aromatic N) is 1. The summed E-state index contributed by atoms with van der Waals surface area (Å²) in [5.41, 5.74) is 1.75. The maximum atomic E-state index is 12.2. The van der Waals surface area contributed by atoms with E-state index in [4.69, 9.17) is 26.3 Å². The van der Waals surface area contributed by atoms with E-state index >= 15 is 0 Å². The van der Waals surface area contributed by atoms with Crippen molar-refractivity contribution in [3.8, 4) is 17.6 Å². The van der Waals surface area contributed by atoms with Crippen molar-refractivity contribution in [3.63, 3.8) is 0 Å². The zero-order valence-corrected chi connectivity index (χ0v) is 14.1. The molecule has 0 atom stereocenters. The maximum Gasteiger partial charge on any atom is 0.185 e. The monoisotopic (exact) mass is 341 g/mol. The summed E-state index contributed by atoms with van der Waals surface area (Å²) in [6, 6.07) is 11.9. The molecule has 0 saturated carbocycles. The van der Waals surface area contributed by atoms with Gasteiger partial charge in [-0.2, -0.15) is 5.26 Å². The highest BCUT2D eigenvalue weighted by Gasteiger charge is 2.10. The molecule has 2 rings (SSSR count). The number of benzene rings is 2. The van der Waals surface area contributed by atoms with Crippen LogP contribution in [0.1, 0.15) is 28.4 Å². The van der Waals surface area contributed by atoms with Gasteiger partial charge < -0.3 is 9.47 Å². The Morgan fingerprint density at radius 2 is 2.00 bits per heavy atom. The number of rotatable bonds is 6. The Labute approximate surface area is 145 Å². The Morgan fingerprint density at radius 1 is 1.29 bits per heavy atom. The normalized spacial score (nSPS) is 10.4. The van der Waals surface area contributed by atoms with Crippen LogP contribution in [0.2, 0.25) is 5.02 Å². The third kappa shape index (κ3) is 4.15. The molecule has 0 aliphatic rings. The number of ketones is 1. The highest BCUT2D eigenvalue weighted by molar-refractivity contribution is 6.32. The number of nitriles is 1. The van der Waals surface area contributed by atoms with E-state index in [1.54, 1.807) is 42.5 Å². The van der Waals surface area contributed by atoms with Crippen molar-refractivity contribution < 1.29 is 14.3 Å². The molecule has 0 aromatic heterocycles. The van der Waals surface area contributed by atoms with Crippen LogP contribution in [0.5, 0.6) is 11.5 Å². The van der Waals surface area contributed by atoms with Gasteiger partial charge in [-0.15, -0.1) is 0 Å². The second-order valence-corrected chi connectivity index (χ2v) is 5.26. The minimum atomic E-state index is -0.163. The van der Waals surface area contributed by atoms with Crippen LogP contribution < -0.4 is 9.47 Å². The Kier molecular flexibility index (Phi) is 6.00. The van der Waals surface area contributed by atoms with E-state index in [-0.39, 0.29) is 5.78 Å². The Bertz CT molecular complexity index is 805. The molecule has 2 aromatic rings. The molecule has 0 N–H and O–H groups in total. The number of allylic oxidation sites excluding steroid dienone is 1. The Balaban J connectivity index is 2.24. The van der Waals surface area contributed by atoms with Crippen LogP contribution in [-0.2, 0) is 0 Å². The minimum Gasteiger partial charge on any atom is -0.491 e. The Morgan fingerprint density at radius 3 is 2.58 bits per heavy atom. The predicted molar refractivity (Wildman–Crippen MR) is 93.7 cm³/mol. The summed E-state index contributed by atoms with van der Waals surface area (Å²) in [5.74, 6) is 0.830. The molecule has 24 heavy (non-hydrogen) atoms. The molecule has 122 valence electrons. The van der Waals surface area contributed by atoms with Crippen molar-refractivity contribution in [1.82, 2.24) is 0 Å². The zero-order valence-electron chi connectivity index (χ0n) is 13.4.